The normalized spacial score (nSPS) is 11.4. The van der Waals surface area contributed by atoms with Crippen molar-refractivity contribution in [2.45, 2.75) is 24.0 Å². The first-order chi connectivity index (χ1) is 15.8. The number of carbonyl (C=O) groups excluding carboxylic acids is 2. The summed E-state index contributed by atoms with van der Waals surface area (Å²) >= 11 is 1.33. The summed E-state index contributed by atoms with van der Waals surface area (Å²) in [6.45, 7) is 3.56. The number of methoxy groups -OCH3 is 1. The lowest BCUT2D eigenvalue weighted by molar-refractivity contribution is -0.115. The summed E-state index contributed by atoms with van der Waals surface area (Å²) in [5.74, 6) is -0.983. The van der Waals surface area contributed by atoms with E-state index in [4.69, 9.17) is 4.74 Å². The first-order valence-electron chi connectivity index (χ1n) is 10.1. The molecular formula is C25H24N2O5S. The van der Waals surface area contributed by atoms with Crippen LogP contribution in [0.5, 0.6) is 5.75 Å². The van der Waals surface area contributed by atoms with Crippen LogP contribution in [0.4, 0.5) is 11.4 Å². The van der Waals surface area contributed by atoms with E-state index in [1.54, 1.807) is 69.5 Å². The van der Waals surface area contributed by atoms with Gasteiger partial charge in [-0.15, -0.1) is 11.8 Å². The minimum Gasteiger partial charge on any atom is -0.497 e. The van der Waals surface area contributed by atoms with Crippen molar-refractivity contribution in [1.29, 1.82) is 0 Å². The lowest BCUT2D eigenvalue weighted by Gasteiger charge is -2.15. The van der Waals surface area contributed by atoms with E-state index in [1.807, 2.05) is 6.07 Å². The SMILES string of the molecule is COc1cccc(C(=O)Nc2cccc(SC(C)C(=O)Nc3cc(C(=O)O)ccc3C)c2)c1. The molecule has 8 heteroatoms. The fraction of sp³-hybridized carbons (Fsp3) is 0.160. The van der Waals surface area contributed by atoms with Crippen molar-refractivity contribution in [1.82, 2.24) is 0 Å². The highest BCUT2D eigenvalue weighted by atomic mass is 32.2. The smallest absolute Gasteiger partial charge is 0.335 e. The molecule has 0 saturated carbocycles. The van der Waals surface area contributed by atoms with Gasteiger partial charge in [-0.25, -0.2) is 4.79 Å². The second-order valence-electron chi connectivity index (χ2n) is 7.30. The second-order valence-corrected chi connectivity index (χ2v) is 8.71. The number of thioether (sulfide) groups is 1. The summed E-state index contributed by atoms with van der Waals surface area (Å²) in [7, 11) is 1.54. The number of rotatable bonds is 8. The fourth-order valence-electron chi connectivity index (χ4n) is 3.00. The largest absolute Gasteiger partial charge is 0.497 e. The Balaban J connectivity index is 1.66. The second kappa shape index (κ2) is 10.7. The molecule has 0 fully saturated rings. The van der Waals surface area contributed by atoms with Gasteiger partial charge in [0.2, 0.25) is 5.91 Å². The highest BCUT2D eigenvalue weighted by Gasteiger charge is 2.17. The summed E-state index contributed by atoms with van der Waals surface area (Å²) in [5, 5.41) is 14.4. The maximum atomic E-state index is 12.7. The van der Waals surface area contributed by atoms with Crippen LogP contribution < -0.4 is 15.4 Å². The van der Waals surface area contributed by atoms with E-state index in [1.165, 1.54) is 23.9 Å². The molecule has 3 aromatic rings. The van der Waals surface area contributed by atoms with Gasteiger partial charge in [0.1, 0.15) is 5.75 Å². The van der Waals surface area contributed by atoms with Gasteiger partial charge in [-0.3, -0.25) is 9.59 Å². The number of hydrogen-bond donors (Lipinski definition) is 3. The Hall–Kier alpha value is -3.78. The number of carboxylic acid groups (broad SMARTS) is 1. The Morgan fingerprint density at radius 3 is 2.42 bits per heavy atom. The molecule has 3 N–H and O–H groups in total. The number of aryl methyl sites for hydroxylation is 1. The van der Waals surface area contributed by atoms with Crippen LogP contribution >= 0.6 is 11.8 Å². The molecule has 7 nitrogen and oxygen atoms in total. The van der Waals surface area contributed by atoms with Crippen LogP contribution in [0.1, 0.15) is 33.2 Å². The molecule has 1 unspecified atom stereocenters. The van der Waals surface area contributed by atoms with E-state index in [9.17, 15) is 19.5 Å². The van der Waals surface area contributed by atoms with Crippen LogP contribution in [-0.2, 0) is 4.79 Å². The number of amides is 2. The molecule has 0 aliphatic rings. The number of benzene rings is 3. The van der Waals surface area contributed by atoms with E-state index in [0.29, 0.717) is 22.7 Å². The summed E-state index contributed by atoms with van der Waals surface area (Å²) in [4.78, 5) is 37.3. The molecule has 3 rings (SSSR count). The number of hydrogen-bond acceptors (Lipinski definition) is 5. The number of carbonyl (C=O) groups is 3. The molecule has 1 atom stereocenters. The van der Waals surface area contributed by atoms with Gasteiger partial charge in [0.05, 0.1) is 17.9 Å². The average molecular weight is 465 g/mol. The van der Waals surface area contributed by atoms with Gasteiger partial charge in [-0.2, -0.15) is 0 Å². The van der Waals surface area contributed by atoms with Crippen molar-refractivity contribution in [2.75, 3.05) is 17.7 Å². The summed E-state index contributed by atoms with van der Waals surface area (Å²) < 4.78 is 5.16. The highest BCUT2D eigenvalue weighted by Crippen LogP contribution is 2.27. The predicted molar refractivity (Wildman–Crippen MR) is 129 cm³/mol. The number of anilines is 2. The number of carboxylic acids is 1. The monoisotopic (exact) mass is 464 g/mol. The van der Waals surface area contributed by atoms with Crippen LogP contribution in [0.25, 0.3) is 0 Å². The predicted octanol–water partition coefficient (Wildman–Crippen LogP) is 5.07. The zero-order valence-electron chi connectivity index (χ0n) is 18.4. The minimum absolute atomic E-state index is 0.107. The van der Waals surface area contributed by atoms with Crippen LogP contribution in [-0.4, -0.2) is 35.2 Å². The van der Waals surface area contributed by atoms with E-state index >= 15 is 0 Å². The van der Waals surface area contributed by atoms with E-state index in [-0.39, 0.29) is 17.4 Å². The van der Waals surface area contributed by atoms with Crippen LogP contribution in [0, 0.1) is 6.92 Å². The first kappa shape index (κ1) is 23.9. The van der Waals surface area contributed by atoms with E-state index in [0.717, 1.165) is 10.5 Å². The van der Waals surface area contributed by atoms with E-state index in [2.05, 4.69) is 10.6 Å². The zero-order valence-corrected chi connectivity index (χ0v) is 19.2. The Kier molecular flexibility index (Phi) is 7.74. The lowest BCUT2D eigenvalue weighted by atomic mass is 10.1. The molecule has 2 amide bonds. The molecule has 0 aliphatic heterocycles. The quantitative estimate of drug-likeness (QED) is 0.402. The lowest BCUT2D eigenvalue weighted by Crippen LogP contribution is -2.23. The Morgan fingerprint density at radius 1 is 0.939 bits per heavy atom. The molecule has 0 radical (unpaired) electrons. The Bertz CT molecular complexity index is 1190. The molecule has 0 bridgehead atoms. The van der Waals surface area contributed by atoms with Crippen molar-refractivity contribution in [3.8, 4) is 5.75 Å². The summed E-state index contributed by atoms with van der Waals surface area (Å²) in [6.07, 6.45) is 0. The van der Waals surface area contributed by atoms with Crippen LogP contribution in [0.15, 0.2) is 71.6 Å². The van der Waals surface area contributed by atoms with Crippen molar-refractivity contribution >= 4 is 40.9 Å². The molecule has 3 aromatic carbocycles. The standard InChI is InChI=1S/C25H24N2O5S/c1-15-10-11-18(25(30)31)13-22(15)27-23(28)16(2)33-21-9-5-7-19(14-21)26-24(29)17-6-4-8-20(12-17)32-3/h4-14,16H,1-3H3,(H,26,29)(H,27,28)(H,30,31). The number of nitrogens with one attached hydrogen (secondary N) is 2. The van der Waals surface area contributed by atoms with E-state index < -0.39 is 11.2 Å². The van der Waals surface area contributed by atoms with Crippen molar-refractivity contribution in [2.24, 2.45) is 0 Å². The van der Waals surface area contributed by atoms with Crippen LogP contribution in [0.2, 0.25) is 0 Å². The topological polar surface area (TPSA) is 105 Å². The third kappa shape index (κ3) is 6.36. The molecular weight excluding hydrogens is 440 g/mol. The van der Waals surface area contributed by atoms with Gasteiger partial charge in [-0.05, 0) is 67.9 Å². The summed E-state index contributed by atoms with van der Waals surface area (Å²) in [5.41, 5.74) is 2.42. The van der Waals surface area contributed by atoms with Crippen molar-refractivity contribution in [3.05, 3.63) is 83.4 Å². The zero-order chi connectivity index (χ0) is 24.0. The van der Waals surface area contributed by atoms with Gasteiger partial charge in [0.25, 0.3) is 5.91 Å². The summed E-state index contributed by atoms with van der Waals surface area (Å²) in [6, 6.07) is 18.7. The maximum Gasteiger partial charge on any atom is 0.335 e. The van der Waals surface area contributed by atoms with Gasteiger partial charge in [0, 0.05) is 21.8 Å². The maximum absolute atomic E-state index is 12.7. The first-order valence-corrected chi connectivity index (χ1v) is 11.0. The Morgan fingerprint density at radius 2 is 1.70 bits per heavy atom. The Labute approximate surface area is 196 Å². The molecule has 0 heterocycles. The average Bonchev–Trinajstić information content (AvgIpc) is 2.80. The van der Waals surface area contributed by atoms with Gasteiger partial charge >= 0.3 is 5.97 Å². The number of aromatic carboxylic acids is 1. The van der Waals surface area contributed by atoms with Gasteiger partial charge < -0.3 is 20.5 Å². The molecule has 0 aliphatic carbocycles. The highest BCUT2D eigenvalue weighted by molar-refractivity contribution is 8.00. The van der Waals surface area contributed by atoms with Gasteiger partial charge in [-0.1, -0.05) is 18.2 Å². The molecule has 0 spiro atoms. The minimum atomic E-state index is -1.05. The number of ether oxygens (including phenoxy) is 1. The van der Waals surface area contributed by atoms with Crippen molar-refractivity contribution in [3.63, 3.8) is 0 Å². The van der Waals surface area contributed by atoms with Crippen molar-refractivity contribution < 1.29 is 24.2 Å². The fourth-order valence-corrected chi connectivity index (χ4v) is 3.92. The third-order valence-electron chi connectivity index (χ3n) is 4.85. The molecule has 0 saturated heterocycles. The molecule has 33 heavy (non-hydrogen) atoms. The molecule has 170 valence electrons. The van der Waals surface area contributed by atoms with Crippen LogP contribution in [0.3, 0.4) is 0 Å². The third-order valence-corrected chi connectivity index (χ3v) is 5.94. The molecule has 0 aromatic heterocycles. The van der Waals surface area contributed by atoms with Gasteiger partial charge in [0.15, 0.2) is 0 Å².